The minimum absolute atomic E-state index is 0.218. The van der Waals surface area contributed by atoms with E-state index in [2.05, 4.69) is 9.88 Å². The largest absolute Gasteiger partial charge is 0.377 e. The van der Waals surface area contributed by atoms with E-state index in [4.69, 9.17) is 22.1 Å². The Kier molecular flexibility index (Phi) is 3.55. The number of morpholine rings is 1. The molecule has 0 amide bonds. The van der Waals surface area contributed by atoms with Crippen molar-refractivity contribution < 1.29 is 4.74 Å². The van der Waals surface area contributed by atoms with Gasteiger partial charge in [-0.1, -0.05) is 11.6 Å². The zero-order valence-electron chi connectivity index (χ0n) is 10.6. The summed E-state index contributed by atoms with van der Waals surface area (Å²) in [7, 11) is 0. The summed E-state index contributed by atoms with van der Waals surface area (Å²) in [5.74, 6) is 0. The molecule has 1 atom stereocenters. The Morgan fingerprint density at radius 1 is 1.42 bits per heavy atom. The first-order chi connectivity index (χ1) is 9.29. The van der Waals surface area contributed by atoms with E-state index >= 15 is 0 Å². The molecule has 0 saturated carbocycles. The lowest BCUT2D eigenvalue weighted by Crippen LogP contribution is -2.49. The first-order valence-electron chi connectivity index (χ1n) is 6.38. The lowest BCUT2D eigenvalue weighted by molar-refractivity contribution is 0.0964. The van der Waals surface area contributed by atoms with Crippen LogP contribution < -0.4 is 10.6 Å². The number of anilines is 1. The molecular weight excluding hydrogens is 262 g/mol. The number of nitrogens with zero attached hydrogens (tertiary/aromatic N) is 2. The molecule has 1 fully saturated rings. The minimum atomic E-state index is 0.218. The van der Waals surface area contributed by atoms with Crippen LogP contribution in [-0.2, 0) is 4.74 Å². The predicted octanol–water partition coefficient (Wildman–Crippen LogP) is 2.05. The lowest BCUT2D eigenvalue weighted by atomic mass is 10.1. The summed E-state index contributed by atoms with van der Waals surface area (Å²) in [5, 5.41) is 1.81. The Balaban J connectivity index is 2.08. The van der Waals surface area contributed by atoms with Crippen LogP contribution in [0.2, 0.25) is 5.02 Å². The molecule has 19 heavy (non-hydrogen) atoms. The van der Waals surface area contributed by atoms with Gasteiger partial charge < -0.3 is 15.4 Å². The van der Waals surface area contributed by atoms with Crippen molar-refractivity contribution in [2.45, 2.75) is 6.04 Å². The molecule has 0 bridgehead atoms. The van der Waals surface area contributed by atoms with Crippen molar-refractivity contribution in [3.8, 4) is 0 Å². The number of pyridine rings is 1. The van der Waals surface area contributed by atoms with Gasteiger partial charge in [-0.05, 0) is 24.3 Å². The van der Waals surface area contributed by atoms with E-state index in [1.54, 1.807) is 0 Å². The topological polar surface area (TPSA) is 51.4 Å². The molecule has 1 aliphatic rings. The molecule has 2 N–H and O–H groups in total. The second-order valence-electron chi connectivity index (χ2n) is 4.65. The van der Waals surface area contributed by atoms with Crippen LogP contribution in [0.15, 0.2) is 30.5 Å². The SMILES string of the molecule is NCC1COCCN1c1ccnc2cc(Cl)ccc12. The second-order valence-corrected chi connectivity index (χ2v) is 5.09. The van der Waals surface area contributed by atoms with Crippen molar-refractivity contribution >= 4 is 28.2 Å². The molecule has 1 aromatic carbocycles. The Morgan fingerprint density at radius 3 is 3.16 bits per heavy atom. The van der Waals surface area contributed by atoms with Gasteiger partial charge in [0.1, 0.15) is 0 Å². The van der Waals surface area contributed by atoms with E-state index < -0.39 is 0 Å². The third-order valence-electron chi connectivity index (χ3n) is 3.49. The zero-order valence-corrected chi connectivity index (χ0v) is 11.3. The Morgan fingerprint density at radius 2 is 2.32 bits per heavy atom. The number of benzene rings is 1. The van der Waals surface area contributed by atoms with E-state index in [1.807, 2.05) is 30.5 Å². The van der Waals surface area contributed by atoms with Crippen LogP contribution in [0.5, 0.6) is 0 Å². The molecule has 2 aromatic rings. The molecule has 2 heterocycles. The van der Waals surface area contributed by atoms with Crippen molar-refractivity contribution in [2.75, 3.05) is 31.2 Å². The van der Waals surface area contributed by atoms with Gasteiger partial charge >= 0.3 is 0 Å². The highest BCUT2D eigenvalue weighted by atomic mass is 35.5. The third-order valence-corrected chi connectivity index (χ3v) is 3.73. The first kappa shape index (κ1) is 12.7. The van der Waals surface area contributed by atoms with Gasteiger partial charge in [-0.2, -0.15) is 0 Å². The van der Waals surface area contributed by atoms with Crippen LogP contribution >= 0.6 is 11.6 Å². The molecule has 0 spiro atoms. The standard InChI is InChI=1S/C14H16ClN3O/c15-10-1-2-12-13(7-10)17-4-3-14(12)18-5-6-19-9-11(18)8-16/h1-4,7,11H,5-6,8-9,16H2. The Labute approximate surface area is 117 Å². The number of ether oxygens (including phenoxy) is 1. The fourth-order valence-corrected chi connectivity index (χ4v) is 2.69. The monoisotopic (exact) mass is 277 g/mol. The molecule has 4 nitrogen and oxygen atoms in total. The zero-order chi connectivity index (χ0) is 13.2. The number of nitrogens with two attached hydrogens (primary N) is 1. The Bertz CT molecular complexity index is 590. The maximum absolute atomic E-state index is 6.02. The maximum Gasteiger partial charge on any atom is 0.0737 e. The van der Waals surface area contributed by atoms with E-state index in [1.165, 1.54) is 0 Å². The van der Waals surface area contributed by atoms with Crippen molar-refractivity contribution in [1.82, 2.24) is 4.98 Å². The molecule has 0 radical (unpaired) electrons. The van der Waals surface area contributed by atoms with Crippen LogP contribution in [-0.4, -0.2) is 37.3 Å². The van der Waals surface area contributed by atoms with E-state index in [0.29, 0.717) is 18.2 Å². The molecule has 1 saturated heterocycles. The quantitative estimate of drug-likeness (QED) is 0.913. The van der Waals surface area contributed by atoms with Gasteiger partial charge in [-0.25, -0.2) is 0 Å². The molecule has 1 unspecified atom stereocenters. The molecule has 5 heteroatoms. The van der Waals surface area contributed by atoms with Crippen LogP contribution in [0.25, 0.3) is 10.9 Å². The summed E-state index contributed by atoms with van der Waals surface area (Å²) < 4.78 is 5.50. The molecule has 1 aromatic heterocycles. The summed E-state index contributed by atoms with van der Waals surface area (Å²) in [4.78, 5) is 6.68. The highest BCUT2D eigenvalue weighted by molar-refractivity contribution is 6.31. The second kappa shape index (κ2) is 5.33. The molecular formula is C14H16ClN3O. The van der Waals surface area contributed by atoms with Gasteiger partial charge in [0, 0.05) is 35.4 Å². The highest BCUT2D eigenvalue weighted by Gasteiger charge is 2.23. The summed E-state index contributed by atoms with van der Waals surface area (Å²) in [6.45, 7) is 2.84. The van der Waals surface area contributed by atoms with E-state index in [0.717, 1.165) is 29.7 Å². The van der Waals surface area contributed by atoms with Crippen molar-refractivity contribution in [3.05, 3.63) is 35.5 Å². The number of fused-ring (bicyclic) bond motifs is 1. The molecule has 0 aliphatic carbocycles. The van der Waals surface area contributed by atoms with Gasteiger partial charge in [-0.3, -0.25) is 4.98 Å². The smallest absolute Gasteiger partial charge is 0.0737 e. The average molecular weight is 278 g/mol. The third kappa shape index (κ3) is 2.39. The highest BCUT2D eigenvalue weighted by Crippen LogP contribution is 2.29. The fraction of sp³-hybridized carbons (Fsp3) is 0.357. The molecule has 1 aliphatic heterocycles. The number of hydrogen-bond acceptors (Lipinski definition) is 4. The molecule has 100 valence electrons. The van der Waals surface area contributed by atoms with Crippen molar-refractivity contribution in [3.63, 3.8) is 0 Å². The number of aromatic nitrogens is 1. The van der Waals surface area contributed by atoms with Crippen molar-refractivity contribution in [2.24, 2.45) is 5.73 Å². The summed E-state index contributed by atoms with van der Waals surface area (Å²) in [5.41, 5.74) is 7.90. The van der Waals surface area contributed by atoms with Gasteiger partial charge in [-0.15, -0.1) is 0 Å². The van der Waals surface area contributed by atoms with Gasteiger partial charge in [0.15, 0.2) is 0 Å². The van der Waals surface area contributed by atoms with Crippen LogP contribution in [0.3, 0.4) is 0 Å². The predicted molar refractivity (Wildman–Crippen MR) is 77.8 cm³/mol. The van der Waals surface area contributed by atoms with E-state index in [9.17, 15) is 0 Å². The van der Waals surface area contributed by atoms with E-state index in [-0.39, 0.29) is 6.04 Å². The fourth-order valence-electron chi connectivity index (χ4n) is 2.52. The average Bonchev–Trinajstić information content (AvgIpc) is 2.46. The molecule has 3 rings (SSSR count). The maximum atomic E-state index is 6.02. The van der Waals surface area contributed by atoms with Crippen LogP contribution in [0.1, 0.15) is 0 Å². The summed E-state index contributed by atoms with van der Waals surface area (Å²) in [6.07, 6.45) is 1.82. The summed E-state index contributed by atoms with van der Waals surface area (Å²) >= 11 is 6.02. The Hall–Kier alpha value is -1.36. The number of rotatable bonds is 2. The lowest BCUT2D eigenvalue weighted by Gasteiger charge is -2.37. The van der Waals surface area contributed by atoms with Gasteiger partial charge in [0.2, 0.25) is 0 Å². The summed E-state index contributed by atoms with van der Waals surface area (Å²) in [6, 6.07) is 8.05. The normalized spacial score (nSPS) is 19.9. The number of hydrogen-bond donors (Lipinski definition) is 1. The van der Waals surface area contributed by atoms with Crippen LogP contribution in [0, 0.1) is 0 Å². The first-order valence-corrected chi connectivity index (χ1v) is 6.76. The van der Waals surface area contributed by atoms with Gasteiger partial charge in [0.05, 0.1) is 24.8 Å². The van der Waals surface area contributed by atoms with Crippen LogP contribution in [0.4, 0.5) is 5.69 Å². The number of halogens is 1. The van der Waals surface area contributed by atoms with Crippen molar-refractivity contribution in [1.29, 1.82) is 0 Å². The van der Waals surface area contributed by atoms with Gasteiger partial charge in [0.25, 0.3) is 0 Å². The minimum Gasteiger partial charge on any atom is -0.377 e.